The van der Waals surface area contributed by atoms with E-state index in [4.69, 9.17) is 11.6 Å². The van der Waals surface area contributed by atoms with Crippen molar-refractivity contribution in [2.24, 2.45) is 0 Å². The molecule has 0 spiro atoms. The highest BCUT2D eigenvalue weighted by Gasteiger charge is 2.15. The van der Waals surface area contributed by atoms with Crippen LogP contribution in [-0.4, -0.2) is 13.7 Å². The van der Waals surface area contributed by atoms with Crippen molar-refractivity contribution in [3.05, 3.63) is 32.8 Å². The summed E-state index contributed by atoms with van der Waals surface area (Å²) in [4.78, 5) is 9.88. The van der Waals surface area contributed by atoms with E-state index >= 15 is 0 Å². The second-order valence-electron chi connectivity index (χ2n) is 2.61. The third-order valence-electron chi connectivity index (χ3n) is 1.60. The molecule has 1 rings (SSSR count). The standard InChI is InChI=1S/C7H6ClNO5S/c1-4-2-5(8)7(14-15(12)13)3-6(4)9(10)11/h2-3H,1H3,(H,12,13)/p-1. The van der Waals surface area contributed by atoms with E-state index in [1.54, 1.807) is 0 Å². The quantitative estimate of drug-likeness (QED) is 0.463. The van der Waals surface area contributed by atoms with Crippen molar-refractivity contribution in [1.82, 2.24) is 0 Å². The molecule has 6 nitrogen and oxygen atoms in total. The second kappa shape index (κ2) is 4.56. The number of nitro groups is 1. The molecule has 1 atom stereocenters. The molecule has 0 saturated heterocycles. The van der Waals surface area contributed by atoms with E-state index in [9.17, 15) is 18.9 Å². The Labute approximate surface area is 92.5 Å². The molecule has 0 fully saturated rings. The molecular weight excluding hydrogens is 246 g/mol. The van der Waals surface area contributed by atoms with Gasteiger partial charge in [-0.25, -0.2) is 4.21 Å². The number of benzene rings is 1. The van der Waals surface area contributed by atoms with Crippen molar-refractivity contribution in [1.29, 1.82) is 0 Å². The molecule has 0 aliphatic carbocycles. The summed E-state index contributed by atoms with van der Waals surface area (Å²) in [6.45, 7) is 1.49. The van der Waals surface area contributed by atoms with Gasteiger partial charge in [0.25, 0.3) is 5.69 Å². The van der Waals surface area contributed by atoms with Gasteiger partial charge >= 0.3 is 0 Å². The minimum atomic E-state index is -2.81. The Morgan fingerprint density at radius 2 is 2.13 bits per heavy atom. The molecule has 1 aromatic rings. The predicted molar refractivity (Wildman–Crippen MR) is 52.4 cm³/mol. The van der Waals surface area contributed by atoms with Crippen molar-refractivity contribution < 1.29 is 17.9 Å². The molecule has 0 aliphatic rings. The molecule has 0 heterocycles. The Morgan fingerprint density at radius 1 is 1.53 bits per heavy atom. The molecule has 15 heavy (non-hydrogen) atoms. The van der Waals surface area contributed by atoms with E-state index in [0.717, 1.165) is 6.07 Å². The summed E-state index contributed by atoms with van der Waals surface area (Å²) < 4.78 is 24.7. The lowest BCUT2D eigenvalue weighted by Gasteiger charge is -2.09. The van der Waals surface area contributed by atoms with Crippen LogP contribution in [0.3, 0.4) is 0 Å². The topological polar surface area (TPSA) is 92.5 Å². The average molecular weight is 251 g/mol. The largest absolute Gasteiger partial charge is 0.740 e. The molecule has 1 aromatic carbocycles. The first-order chi connectivity index (χ1) is 6.91. The van der Waals surface area contributed by atoms with E-state index in [0.29, 0.717) is 5.56 Å². The average Bonchev–Trinajstić information content (AvgIpc) is 2.08. The van der Waals surface area contributed by atoms with E-state index in [-0.39, 0.29) is 16.5 Å². The molecule has 82 valence electrons. The maximum atomic E-state index is 10.5. The van der Waals surface area contributed by atoms with Gasteiger partial charge in [0.1, 0.15) is 11.4 Å². The zero-order valence-electron chi connectivity index (χ0n) is 7.43. The van der Waals surface area contributed by atoms with Gasteiger partial charge in [0.05, 0.1) is 16.0 Å². The smallest absolute Gasteiger partial charge is 0.276 e. The first-order valence-electron chi connectivity index (χ1n) is 3.64. The molecule has 0 saturated carbocycles. The van der Waals surface area contributed by atoms with Gasteiger partial charge in [-0.1, -0.05) is 11.6 Å². The van der Waals surface area contributed by atoms with Crippen LogP contribution in [0.5, 0.6) is 5.75 Å². The molecule has 0 aliphatic heterocycles. The normalized spacial score (nSPS) is 12.2. The maximum absolute atomic E-state index is 10.5. The Hall–Kier alpha value is -1.18. The second-order valence-corrected chi connectivity index (χ2v) is 3.60. The summed E-state index contributed by atoms with van der Waals surface area (Å²) in [5.74, 6) is -0.262. The predicted octanol–water partition coefficient (Wildman–Crippen LogP) is 1.73. The van der Waals surface area contributed by atoms with Gasteiger partial charge in [-0.2, -0.15) is 0 Å². The van der Waals surface area contributed by atoms with Crippen molar-refractivity contribution in [2.45, 2.75) is 6.92 Å². The zero-order valence-corrected chi connectivity index (χ0v) is 9.00. The highest BCUT2D eigenvalue weighted by atomic mass is 35.5. The zero-order chi connectivity index (χ0) is 11.6. The highest BCUT2D eigenvalue weighted by molar-refractivity contribution is 7.74. The van der Waals surface area contributed by atoms with Crippen LogP contribution in [0.2, 0.25) is 5.02 Å². The molecule has 1 unspecified atom stereocenters. The lowest BCUT2D eigenvalue weighted by molar-refractivity contribution is -0.385. The van der Waals surface area contributed by atoms with Crippen LogP contribution in [0.25, 0.3) is 0 Å². The summed E-state index contributed by atoms with van der Waals surface area (Å²) in [5.41, 5.74) is 0.0777. The molecule has 0 bridgehead atoms. The lowest BCUT2D eigenvalue weighted by atomic mass is 10.2. The van der Waals surface area contributed by atoms with Crippen LogP contribution in [0.15, 0.2) is 12.1 Å². The Morgan fingerprint density at radius 3 is 2.60 bits per heavy atom. The summed E-state index contributed by atoms with van der Waals surface area (Å²) in [6, 6.07) is 2.23. The molecular formula is C7H5ClNO5S-. The number of hydrogen-bond acceptors (Lipinski definition) is 5. The Balaban J connectivity index is 3.23. The summed E-state index contributed by atoms with van der Waals surface area (Å²) in [5, 5.41) is 10.5. The monoisotopic (exact) mass is 250 g/mol. The first kappa shape index (κ1) is 11.9. The summed E-state index contributed by atoms with van der Waals surface area (Å²) in [6.07, 6.45) is 0. The Bertz CT molecular complexity index is 436. The van der Waals surface area contributed by atoms with E-state index in [1.165, 1.54) is 13.0 Å². The van der Waals surface area contributed by atoms with Gasteiger partial charge < -0.3 is 8.74 Å². The fraction of sp³-hybridized carbons (Fsp3) is 0.143. The third kappa shape index (κ3) is 2.88. The van der Waals surface area contributed by atoms with Crippen molar-refractivity contribution in [2.75, 3.05) is 0 Å². The number of aryl methyl sites for hydroxylation is 1. The van der Waals surface area contributed by atoms with Gasteiger partial charge in [-0.3, -0.25) is 10.1 Å². The van der Waals surface area contributed by atoms with Gasteiger partial charge in [-0.05, 0) is 13.0 Å². The van der Waals surface area contributed by atoms with E-state index in [1.807, 2.05) is 0 Å². The Kier molecular flexibility index (Phi) is 3.61. The van der Waals surface area contributed by atoms with Crippen LogP contribution < -0.4 is 4.18 Å². The minimum absolute atomic E-state index is 0.00213. The number of hydrogen-bond donors (Lipinski definition) is 0. The lowest BCUT2D eigenvalue weighted by Crippen LogP contribution is -2.00. The van der Waals surface area contributed by atoms with Crippen LogP contribution in [0.4, 0.5) is 5.69 Å². The summed E-state index contributed by atoms with van der Waals surface area (Å²) >= 11 is 2.82. The number of halogens is 1. The fourth-order valence-corrected chi connectivity index (χ4v) is 1.56. The number of rotatable bonds is 3. The van der Waals surface area contributed by atoms with Crippen LogP contribution in [-0.2, 0) is 11.4 Å². The van der Waals surface area contributed by atoms with Crippen LogP contribution in [0, 0.1) is 17.0 Å². The molecule has 0 radical (unpaired) electrons. The SMILES string of the molecule is Cc1cc(Cl)c(OS(=O)[O-])cc1[N+](=O)[O-]. The van der Waals surface area contributed by atoms with Gasteiger partial charge in [0.2, 0.25) is 0 Å². The molecule has 8 heteroatoms. The van der Waals surface area contributed by atoms with Crippen LogP contribution in [0.1, 0.15) is 5.56 Å². The van der Waals surface area contributed by atoms with Gasteiger partial charge in [0.15, 0.2) is 5.75 Å². The minimum Gasteiger partial charge on any atom is -0.740 e. The highest BCUT2D eigenvalue weighted by Crippen LogP contribution is 2.32. The number of nitro benzene ring substituents is 1. The van der Waals surface area contributed by atoms with Crippen molar-refractivity contribution in [3.63, 3.8) is 0 Å². The van der Waals surface area contributed by atoms with Crippen LogP contribution >= 0.6 is 11.6 Å². The fourth-order valence-electron chi connectivity index (χ4n) is 0.976. The third-order valence-corrected chi connectivity index (χ3v) is 2.22. The van der Waals surface area contributed by atoms with Crippen molar-refractivity contribution >= 4 is 28.6 Å². The first-order valence-corrected chi connectivity index (χ1v) is 5.01. The molecule has 0 amide bonds. The van der Waals surface area contributed by atoms with E-state index in [2.05, 4.69) is 4.18 Å². The van der Waals surface area contributed by atoms with Gasteiger partial charge in [-0.15, -0.1) is 0 Å². The van der Waals surface area contributed by atoms with Gasteiger partial charge in [0, 0.05) is 5.56 Å². The maximum Gasteiger partial charge on any atom is 0.276 e. The van der Waals surface area contributed by atoms with Crippen molar-refractivity contribution in [3.8, 4) is 5.75 Å². The number of nitrogens with zero attached hydrogens (tertiary/aromatic N) is 1. The molecule has 0 N–H and O–H groups in total. The van der Waals surface area contributed by atoms with E-state index < -0.39 is 16.3 Å². The molecule has 0 aromatic heterocycles. The summed E-state index contributed by atoms with van der Waals surface area (Å²) in [7, 11) is 0.